The van der Waals surface area contributed by atoms with Crippen LogP contribution in [0.2, 0.25) is 0 Å². The second-order valence-corrected chi connectivity index (χ2v) is 9.97. The lowest BCUT2D eigenvalue weighted by molar-refractivity contribution is -0.136. The number of H-pyrrole nitrogens is 1. The molecule has 4 heterocycles. The third kappa shape index (κ3) is 4.33. The highest BCUT2D eigenvalue weighted by Gasteiger charge is 2.39. The Morgan fingerprint density at radius 2 is 1.78 bits per heavy atom. The number of hydrogen-bond donors (Lipinski definition) is 2. The molecule has 1 unspecified atom stereocenters. The number of carbonyl (C=O) groups is 3. The van der Waals surface area contributed by atoms with Gasteiger partial charge in [0.2, 0.25) is 11.8 Å². The highest BCUT2D eigenvalue weighted by molar-refractivity contribution is 6.05. The van der Waals surface area contributed by atoms with Gasteiger partial charge in [-0.05, 0) is 55.5 Å². The largest absolute Gasteiger partial charge is 0.347 e. The quantitative estimate of drug-likeness (QED) is 0.543. The molecular weight excluding hydrogens is 454 g/mol. The molecule has 6 rings (SSSR count). The monoisotopic (exact) mass is 483 g/mol. The first-order chi connectivity index (χ1) is 17.5. The van der Waals surface area contributed by atoms with Crippen LogP contribution in [0.15, 0.2) is 54.7 Å². The molecule has 0 bridgehead atoms. The number of nitrogens with one attached hydrogen (secondary N) is 2. The number of hydrogen-bond acceptors (Lipinski definition) is 5. The fraction of sp³-hybridized carbons (Fsp3) is 0.357. The number of fused-ring (bicyclic) bond motifs is 1. The summed E-state index contributed by atoms with van der Waals surface area (Å²) < 4.78 is 0. The second kappa shape index (κ2) is 9.35. The first-order valence-corrected chi connectivity index (χ1v) is 12.6. The third-order valence-corrected chi connectivity index (χ3v) is 7.68. The number of imide groups is 1. The number of aromatic nitrogens is 2. The maximum absolute atomic E-state index is 13.0. The number of carbonyl (C=O) groups excluding carboxylic acids is 3. The number of likely N-dealkylation sites (tertiary alicyclic amines) is 1. The number of imidazole rings is 1. The first kappa shape index (κ1) is 22.7. The van der Waals surface area contributed by atoms with E-state index in [1.54, 1.807) is 4.90 Å². The molecule has 0 saturated carbocycles. The summed E-state index contributed by atoms with van der Waals surface area (Å²) in [4.78, 5) is 48.9. The Kier molecular flexibility index (Phi) is 5.89. The minimum Gasteiger partial charge on any atom is -0.347 e. The van der Waals surface area contributed by atoms with Crippen molar-refractivity contribution in [2.75, 3.05) is 13.1 Å². The molecule has 3 amide bonds. The summed E-state index contributed by atoms with van der Waals surface area (Å²) in [6.07, 6.45) is 4.73. The number of benzene rings is 2. The van der Waals surface area contributed by atoms with Crippen LogP contribution in [0, 0.1) is 0 Å². The fourth-order valence-corrected chi connectivity index (χ4v) is 5.68. The summed E-state index contributed by atoms with van der Waals surface area (Å²) in [5.74, 6) is 0.680. The van der Waals surface area contributed by atoms with Crippen LogP contribution in [0.5, 0.6) is 0 Å². The van der Waals surface area contributed by atoms with Crippen molar-refractivity contribution < 1.29 is 14.4 Å². The molecule has 0 aliphatic carbocycles. The van der Waals surface area contributed by atoms with Gasteiger partial charge in [-0.3, -0.25) is 24.6 Å². The van der Waals surface area contributed by atoms with Crippen molar-refractivity contribution in [3.05, 3.63) is 77.2 Å². The highest BCUT2D eigenvalue weighted by atomic mass is 16.2. The fourth-order valence-electron chi connectivity index (χ4n) is 5.68. The normalized spacial score (nSPS) is 21.1. The van der Waals surface area contributed by atoms with Crippen LogP contribution >= 0.6 is 0 Å². The van der Waals surface area contributed by atoms with Crippen LogP contribution in [0.4, 0.5) is 0 Å². The van der Waals surface area contributed by atoms with Gasteiger partial charge in [0.05, 0.1) is 12.2 Å². The molecule has 0 spiro atoms. The van der Waals surface area contributed by atoms with Crippen LogP contribution in [-0.2, 0) is 22.7 Å². The van der Waals surface area contributed by atoms with E-state index < -0.39 is 6.04 Å². The molecule has 3 aromatic rings. The van der Waals surface area contributed by atoms with Crippen LogP contribution in [-0.4, -0.2) is 56.6 Å². The van der Waals surface area contributed by atoms with Gasteiger partial charge in [0.25, 0.3) is 5.91 Å². The van der Waals surface area contributed by atoms with Gasteiger partial charge < -0.3 is 9.88 Å². The minimum atomic E-state index is -0.571. The van der Waals surface area contributed by atoms with Gasteiger partial charge in [-0.15, -0.1) is 0 Å². The molecule has 8 nitrogen and oxygen atoms in total. The molecular formula is C28H29N5O3. The minimum absolute atomic E-state index is 0.116. The Bertz CT molecular complexity index is 1310. The van der Waals surface area contributed by atoms with Crippen LogP contribution in [0.25, 0.3) is 11.3 Å². The van der Waals surface area contributed by atoms with Crippen molar-refractivity contribution in [2.45, 2.75) is 50.7 Å². The van der Waals surface area contributed by atoms with Crippen molar-refractivity contribution in [1.82, 2.24) is 25.1 Å². The zero-order chi connectivity index (χ0) is 24.6. The number of amides is 3. The second-order valence-electron chi connectivity index (χ2n) is 9.97. The molecule has 3 aliphatic rings. The van der Waals surface area contributed by atoms with E-state index in [0.717, 1.165) is 55.1 Å². The summed E-state index contributed by atoms with van der Waals surface area (Å²) in [5, 5.41) is 2.36. The molecule has 1 atom stereocenters. The SMILES string of the molecule is O=C1CCC(N2Cc3cc(C4CCN(Cc5nc(-c6ccccc6)c[nH]5)CC4)ccc3C2=O)C(=O)N1. The van der Waals surface area contributed by atoms with Crippen LogP contribution < -0.4 is 5.32 Å². The predicted molar refractivity (Wildman–Crippen MR) is 134 cm³/mol. The molecule has 1 aromatic heterocycles. The molecule has 2 aromatic carbocycles. The van der Waals surface area contributed by atoms with Gasteiger partial charge in [0.1, 0.15) is 11.9 Å². The molecule has 3 aliphatic heterocycles. The van der Waals surface area contributed by atoms with Gasteiger partial charge in [-0.25, -0.2) is 4.98 Å². The smallest absolute Gasteiger partial charge is 0.255 e. The van der Waals surface area contributed by atoms with E-state index in [0.29, 0.717) is 24.4 Å². The summed E-state index contributed by atoms with van der Waals surface area (Å²) in [6.45, 7) is 3.21. The Morgan fingerprint density at radius 3 is 2.56 bits per heavy atom. The number of aromatic amines is 1. The summed E-state index contributed by atoms with van der Waals surface area (Å²) in [7, 11) is 0. The maximum atomic E-state index is 13.0. The molecule has 8 heteroatoms. The average Bonchev–Trinajstić information content (AvgIpc) is 3.49. The number of rotatable bonds is 5. The van der Waals surface area contributed by atoms with E-state index in [2.05, 4.69) is 39.5 Å². The standard InChI is InChI=1S/C28H29N5O3/c34-26-9-8-24(27(35)31-26)33-16-21-14-20(6-7-22(21)28(33)36)18-10-12-32(13-11-18)17-25-29-15-23(30-25)19-4-2-1-3-5-19/h1-7,14-15,18,24H,8-13,16-17H2,(H,29,30)(H,31,34,35). The van der Waals surface area contributed by atoms with Crippen LogP contribution in [0.1, 0.15) is 58.9 Å². The van der Waals surface area contributed by atoms with E-state index in [4.69, 9.17) is 4.98 Å². The zero-order valence-corrected chi connectivity index (χ0v) is 20.1. The lowest BCUT2D eigenvalue weighted by atomic mass is 9.88. The van der Waals surface area contributed by atoms with Gasteiger partial charge in [-0.2, -0.15) is 0 Å². The summed E-state index contributed by atoms with van der Waals surface area (Å²) in [6, 6.07) is 15.8. The Hall–Kier alpha value is -3.78. The lowest BCUT2D eigenvalue weighted by Gasteiger charge is -2.31. The Labute approximate surface area is 209 Å². The van der Waals surface area contributed by atoms with Crippen molar-refractivity contribution in [2.24, 2.45) is 0 Å². The van der Waals surface area contributed by atoms with E-state index in [1.165, 1.54) is 5.56 Å². The summed E-state index contributed by atoms with van der Waals surface area (Å²) in [5.41, 5.74) is 5.00. The molecule has 2 N–H and O–H groups in total. The first-order valence-electron chi connectivity index (χ1n) is 12.6. The third-order valence-electron chi connectivity index (χ3n) is 7.68. The number of piperidine rings is 2. The van der Waals surface area contributed by atoms with E-state index >= 15 is 0 Å². The van der Waals surface area contributed by atoms with Gasteiger partial charge >= 0.3 is 0 Å². The van der Waals surface area contributed by atoms with Crippen molar-refractivity contribution in [1.29, 1.82) is 0 Å². The molecule has 184 valence electrons. The average molecular weight is 484 g/mol. The molecule has 0 radical (unpaired) electrons. The van der Waals surface area contributed by atoms with Gasteiger partial charge in [0, 0.05) is 30.3 Å². The van der Waals surface area contributed by atoms with Crippen LogP contribution in [0.3, 0.4) is 0 Å². The topological polar surface area (TPSA) is 98.4 Å². The number of nitrogens with zero attached hydrogens (tertiary/aromatic N) is 3. The van der Waals surface area contributed by atoms with Crippen molar-refractivity contribution in [3.63, 3.8) is 0 Å². The molecule has 36 heavy (non-hydrogen) atoms. The predicted octanol–water partition coefficient (Wildman–Crippen LogP) is 3.22. The van der Waals surface area contributed by atoms with Crippen molar-refractivity contribution >= 4 is 17.7 Å². The Morgan fingerprint density at radius 1 is 0.972 bits per heavy atom. The van der Waals surface area contributed by atoms with E-state index in [9.17, 15) is 14.4 Å². The molecule has 2 fully saturated rings. The molecule has 2 saturated heterocycles. The van der Waals surface area contributed by atoms with Crippen molar-refractivity contribution in [3.8, 4) is 11.3 Å². The van der Waals surface area contributed by atoms with Gasteiger partial charge in [-0.1, -0.05) is 42.5 Å². The highest BCUT2D eigenvalue weighted by Crippen LogP contribution is 2.34. The maximum Gasteiger partial charge on any atom is 0.255 e. The summed E-state index contributed by atoms with van der Waals surface area (Å²) >= 11 is 0. The lowest BCUT2D eigenvalue weighted by Crippen LogP contribution is -2.52. The van der Waals surface area contributed by atoms with E-state index in [1.807, 2.05) is 30.5 Å². The van der Waals surface area contributed by atoms with E-state index in [-0.39, 0.29) is 24.1 Å². The Balaban J connectivity index is 1.07. The zero-order valence-electron chi connectivity index (χ0n) is 20.1. The van der Waals surface area contributed by atoms with Gasteiger partial charge in [0.15, 0.2) is 0 Å².